The molecule has 0 saturated heterocycles. The van der Waals surface area contributed by atoms with E-state index in [4.69, 9.17) is 11.6 Å². The van der Waals surface area contributed by atoms with Gasteiger partial charge in [-0.25, -0.2) is 4.98 Å². The van der Waals surface area contributed by atoms with E-state index in [1.165, 1.54) is 24.1 Å². The molecule has 0 spiro atoms. The lowest BCUT2D eigenvalue weighted by Crippen LogP contribution is -2.25. The Morgan fingerprint density at radius 3 is 3.00 bits per heavy atom. The Morgan fingerprint density at radius 2 is 2.27 bits per heavy atom. The summed E-state index contributed by atoms with van der Waals surface area (Å²) in [5, 5.41) is 0.157. The summed E-state index contributed by atoms with van der Waals surface area (Å²) in [5.41, 5.74) is 2.70. The van der Waals surface area contributed by atoms with Crippen molar-refractivity contribution in [3.63, 3.8) is 0 Å². The third-order valence-corrected chi connectivity index (χ3v) is 2.97. The van der Waals surface area contributed by atoms with Gasteiger partial charge in [0.1, 0.15) is 5.82 Å². The topological polar surface area (TPSA) is 16.1 Å². The molecule has 1 aromatic rings. The van der Waals surface area contributed by atoms with Gasteiger partial charge in [0.05, 0.1) is 0 Å². The summed E-state index contributed by atoms with van der Waals surface area (Å²) < 4.78 is 0. The lowest BCUT2D eigenvalue weighted by atomic mass is 10.2. The minimum absolute atomic E-state index is 0.157. The van der Waals surface area contributed by atoms with Gasteiger partial charge in [-0.3, -0.25) is 0 Å². The van der Waals surface area contributed by atoms with E-state index in [0.717, 1.165) is 18.8 Å². The van der Waals surface area contributed by atoms with Crippen LogP contribution >= 0.6 is 11.6 Å². The Labute approximate surface area is 96.3 Å². The zero-order valence-corrected chi connectivity index (χ0v) is 10.1. The first-order valence-corrected chi connectivity index (χ1v) is 5.94. The van der Waals surface area contributed by atoms with Crippen molar-refractivity contribution in [2.45, 2.75) is 31.6 Å². The van der Waals surface area contributed by atoms with Crippen LogP contribution in [0.1, 0.15) is 24.6 Å². The molecule has 82 valence electrons. The number of anilines is 1. The molecule has 0 fully saturated rings. The number of fused-ring (bicyclic) bond motifs is 1. The van der Waals surface area contributed by atoms with Crippen molar-refractivity contribution in [2.75, 3.05) is 18.5 Å². The molecule has 15 heavy (non-hydrogen) atoms. The molecule has 0 amide bonds. The maximum atomic E-state index is 5.97. The fourth-order valence-corrected chi connectivity index (χ4v) is 2.30. The molecule has 1 unspecified atom stereocenters. The van der Waals surface area contributed by atoms with E-state index in [2.05, 4.69) is 22.0 Å². The molecule has 2 rings (SSSR count). The van der Waals surface area contributed by atoms with Gasteiger partial charge in [-0.05, 0) is 37.8 Å². The zero-order valence-electron chi connectivity index (χ0n) is 9.33. The normalized spacial score (nSPS) is 16.2. The molecule has 1 aliphatic carbocycles. The van der Waals surface area contributed by atoms with Crippen molar-refractivity contribution >= 4 is 17.4 Å². The largest absolute Gasteiger partial charge is 0.358 e. The number of rotatable bonds is 3. The lowest BCUT2D eigenvalue weighted by Gasteiger charge is -2.20. The smallest absolute Gasteiger partial charge is 0.128 e. The summed E-state index contributed by atoms with van der Waals surface area (Å²) in [7, 11) is 2.04. The molecule has 0 saturated carbocycles. The summed E-state index contributed by atoms with van der Waals surface area (Å²) >= 11 is 5.97. The fourth-order valence-electron chi connectivity index (χ4n) is 2.09. The van der Waals surface area contributed by atoms with Gasteiger partial charge < -0.3 is 4.90 Å². The van der Waals surface area contributed by atoms with Crippen LogP contribution in [0.3, 0.4) is 0 Å². The molecule has 0 N–H and O–H groups in total. The maximum Gasteiger partial charge on any atom is 0.128 e. The Hall–Kier alpha value is -0.760. The molecule has 1 atom stereocenters. The van der Waals surface area contributed by atoms with E-state index in [1.54, 1.807) is 0 Å². The summed E-state index contributed by atoms with van der Waals surface area (Å²) in [6, 6.07) is 4.31. The predicted octanol–water partition coefficient (Wildman–Crippen LogP) is 2.63. The van der Waals surface area contributed by atoms with Crippen LogP contribution in [0.5, 0.6) is 0 Å². The summed E-state index contributed by atoms with van der Waals surface area (Å²) in [6.45, 7) is 2.85. The van der Waals surface area contributed by atoms with Crippen LogP contribution in [0.4, 0.5) is 5.82 Å². The van der Waals surface area contributed by atoms with Crippen molar-refractivity contribution in [2.24, 2.45) is 0 Å². The molecule has 0 aliphatic heterocycles. The minimum atomic E-state index is 0.157. The van der Waals surface area contributed by atoms with Crippen LogP contribution in [0.25, 0.3) is 0 Å². The summed E-state index contributed by atoms with van der Waals surface area (Å²) in [6.07, 6.45) is 3.58. The van der Waals surface area contributed by atoms with Gasteiger partial charge in [0.25, 0.3) is 0 Å². The van der Waals surface area contributed by atoms with E-state index in [0.29, 0.717) is 0 Å². The molecular weight excluding hydrogens is 208 g/mol. The van der Waals surface area contributed by atoms with Crippen LogP contribution in [0.15, 0.2) is 12.1 Å². The Bertz CT molecular complexity index is 349. The number of aryl methyl sites for hydroxylation is 2. The number of pyridine rings is 1. The average Bonchev–Trinajstić information content (AvgIpc) is 2.62. The third-order valence-electron chi connectivity index (χ3n) is 2.83. The highest BCUT2D eigenvalue weighted by atomic mass is 35.5. The van der Waals surface area contributed by atoms with Gasteiger partial charge in [-0.15, -0.1) is 11.6 Å². The van der Waals surface area contributed by atoms with Gasteiger partial charge in [0.2, 0.25) is 0 Å². The molecule has 1 heterocycles. The molecule has 1 aliphatic rings. The van der Waals surface area contributed by atoms with Crippen LogP contribution < -0.4 is 4.90 Å². The predicted molar refractivity (Wildman–Crippen MR) is 64.8 cm³/mol. The second-order valence-electron chi connectivity index (χ2n) is 4.29. The van der Waals surface area contributed by atoms with Crippen molar-refractivity contribution in [3.05, 3.63) is 23.4 Å². The molecule has 0 radical (unpaired) electrons. The average molecular weight is 225 g/mol. The minimum Gasteiger partial charge on any atom is -0.358 e. The second kappa shape index (κ2) is 4.40. The highest BCUT2D eigenvalue weighted by molar-refractivity contribution is 6.20. The van der Waals surface area contributed by atoms with Crippen LogP contribution in [-0.4, -0.2) is 24.0 Å². The number of hydrogen-bond acceptors (Lipinski definition) is 2. The molecule has 0 bridgehead atoms. The van der Waals surface area contributed by atoms with E-state index >= 15 is 0 Å². The fraction of sp³-hybridized carbons (Fsp3) is 0.583. The lowest BCUT2D eigenvalue weighted by molar-refractivity contribution is 0.836. The monoisotopic (exact) mass is 224 g/mol. The van der Waals surface area contributed by atoms with Crippen molar-refractivity contribution in [1.82, 2.24) is 4.98 Å². The number of alkyl halides is 1. The van der Waals surface area contributed by atoms with E-state index in [-0.39, 0.29) is 5.38 Å². The highest BCUT2D eigenvalue weighted by Gasteiger charge is 2.14. The van der Waals surface area contributed by atoms with Gasteiger partial charge in [-0.2, -0.15) is 0 Å². The van der Waals surface area contributed by atoms with Gasteiger partial charge in [-0.1, -0.05) is 6.07 Å². The Morgan fingerprint density at radius 1 is 1.47 bits per heavy atom. The first-order chi connectivity index (χ1) is 7.16. The van der Waals surface area contributed by atoms with E-state index in [1.807, 2.05) is 14.0 Å². The molecule has 2 nitrogen and oxygen atoms in total. The van der Waals surface area contributed by atoms with Gasteiger partial charge in [0.15, 0.2) is 0 Å². The molecule has 0 aromatic carbocycles. The maximum absolute atomic E-state index is 5.97. The zero-order chi connectivity index (χ0) is 10.8. The van der Waals surface area contributed by atoms with Crippen molar-refractivity contribution in [3.8, 4) is 0 Å². The Balaban J connectivity index is 2.15. The molecular formula is C12H17ClN2. The summed E-state index contributed by atoms with van der Waals surface area (Å²) in [5.74, 6) is 1.04. The van der Waals surface area contributed by atoms with E-state index in [9.17, 15) is 0 Å². The van der Waals surface area contributed by atoms with Crippen LogP contribution in [-0.2, 0) is 12.8 Å². The first kappa shape index (κ1) is 10.7. The molecule has 3 heteroatoms. The standard InChI is InChI=1S/C12H17ClN2/c1-9(13)8-15(2)12-7-6-10-4-3-5-11(10)14-12/h6-7,9H,3-5,8H2,1-2H3. The van der Waals surface area contributed by atoms with Crippen LogP contribution in [0.2, 0.25) is 0 Å². The summed E-state index contributed by atoms with van der Waals surface area (Å²) in [4.78, 5) is 6.79. The van der Waals surface area contributed by atoms with Crippen molar-refractivity contribution in [1.29, 1.82) is 0 Å². The number of hydrogen-bond donors (Lipinski definition) is 0. The second-order valence-corrected chi connectivity index (χ2v) is 5.04. The highest BCUT2D eigenvalue weighted by Crippen LogP contribution is 2.23. The van der Waals surface area contributed by atoms with Gasteiger partial charge in [0, 0.05) is 24.7 Å². The van der Waals surface area contributed by atoms with Gasteiger partial charge >= 0.3 is 0 Å². The number of aromatic nitrogens is 1. The first-order valence-electron chi connectivity index (χ1n) is 5.51. The van der Waals surface area contributed by atoms with Crippen molar-refractivity contribution < 1.29 is 0 Å². The molecule has 1 aromatic heterocycles. The van der Waals surface area contributed by atoms with E-state index < -0.39 is 0 Å². The quantitative estimate of drug-likeness (QED) is 0.734. The number of halogens is 1. The Kier molecular flexibility index (Phi) is 3.15. The number of nitrogens with zero attached hydrogens (tertiary/aromatic N) is 2. The third kappa shape index (κ3) is 2.43. The van der Waals surface area contributed by atoms with Crippen LogP contribution in [0, 0.1) is 0 Å². The SMILES string of the molecule is CC(Cl)CN(C)c1ccc2c(n1)CCC2.